The van der Waals surface area contributed by atoms with Gasteiger partial charge in [-0.25, -0.2) is 14.1 Å². The average Bonchev–Trinajstić information content (AvgIpc) is 3.24. The third-order valence-electron chi connectivity index (χ3n) is 5.16. The Morgan fingerprint density at radius 3 is 2.58 bits per heavy atom. The molecule has 0 saturated carbocycles. The second kappa shape index (κ2) is 9.74. The summed E-state index contributed by atoms with van der Waals surface area (Å²) in [5, 5.41) is 14.8. The Bertz CT molecular complexity index is 1310. The maximum atomic E-state index is 13.2. The quantitative estimate of drug-likeness (QED) is 0.421. The molecule has 0 bridgehead atoms. The number of benzene rings is 2. The van der Waals surface area contributed by atoms with Crippen molar-refractivity contribution in [3.8, 4) is 11.4 Å². The van der Waals surface area contributed by atoms with E-state index in [1.54, 1.807) is 31.2 Å². The first-order chi connectivity index (χ1) is 15.9. The van der Waals surface area contributed by atoms with Crippen LogP contribution in [0.25, 0.3) is 16.7 Å². The number of fused-ring (bicyclic) bond motifs is 1. The van der Waals surface area contributed by atoms with Crippen LogP contribution in [0.2, 0.25) is 0 Å². The van der Waals surface area contributed by atoms with Crippen molar-refractivity contribution in [3.63, 3.8) is 0 Å². The first kappa shape index (κ1) is 22.3. The topological polar surface area (TPSA) is 99.2 Å². The molecule has 0 radical (unpaired) electrons. The van der Waals surface area contributed by atoms with Crippen LogP contribution in [-0.4, -0.2) is 42.9 Å². The highest BCUT2D eigenvalue weighted by Gasteiger charge is 2.14. The van der Waals surface area contributed by atoms with Crippen molar-refractivity contribution in [3.05, 3.63) is 82.8 Å². The van der Waals surface area contributed by atoms with Crippen molar-refractivity contribution in [1.82, 2.24) is 19.3 Å². The number of nitrogens with zero attached hydrogens (tertiary/aromatic N) is 4. The number of carbonyl (C=O) groups is 1. The van der Waals surface area contributed by atoms with E-state index >= 15 is 0 Å². The Balaban J connectivity index is 1.40. The predicted molar refractivity (Wildman–Crippen MR) is 120 cm³/mol. The maximum Gasteiger partial charge on any atom is 0.264 e. The fourth-order valence-corrected chi connectivity index (χ4v) is 3.39. The van der Waals surface area contributed by atoms with Gasteiger partial charge in [0.05, 0.1) is 18.4 Å². The van der Waals surface area contributed by atoms with E-state index in [9.17, 15) is 19.1 Å². The van der Waals surface area contributed by atoms with E-state index in [2.05, 4.69) is 10.1 Å². The minimum absolute atomic E-state index is 0.000195. The summed E-state index contributed by atoms with van der Waals surface area (Å²) in [5.74, 6) is 0.358. The van der Waals surface area contributed by atoms with Gasteiger partial charge in [-0.05, 0) is 55.3 Å². The van der Waals surface area contributed by atoms with Crippen molar-refractivity contribution in [2.75, 3.05) is 6.61 Å². The van der Waals surface area contributed by atoms with E-state index in [0.717, 1.165) is 5.56 Å². The van der Waals surface area contributed by atoms with Gasteiger partial charge in [0, 0.05) is 6.42 Å². The van der Waals surface area contributed by atoms with Gasteiger partial charge < -0.3 is 14.6 Å². The van der Waals surface area contributed by atoms with Crippen LogP contribution < -0.4 is 10.3 Å². The van der Waals surface area contributed by atoms with Crippen molar-refractivity contribution in [2.24, 2.45) is 0 Å². The van der Waals surface area contributed by atoms with Gasteiger partial charge in [0.1, 0.15) is 41.8 Å². The monoisotopic (exact) mass is 450 g/mol. The number of hydrogen-bond donors (Lipinski definition) is 1. The Morgan fingerprint density at radius 2 is 1.88 bits per heavy atom. The fraction of sp³-hybridized carbons (Fsp3) is 0.250. The Labute approximate surface area is 188 Å². The zero-order valence-corrected chi connectivity index (χ0v) is 18.0. The van der Waals surface area contributed by atoms with Crippen molar-refractivity contribution in [1.29, 1.82) is 0 Å². The summed E-state index contributed by atoms with van der Waals surface area (Å²) in [6.45, 7) is 1.56. The molecule has 8 nitrogen and oxygen atoms in total. The number of hydrogen-bond acceptors (Lipinski definition) is 6. The molecule has 4 aromatic rings. The number of aromatic nitrogens is 4. The summed E-state index contributed by atoms with van der Waals surface area (Å²) < 4.78 is 21.6. The van der Waals surface area contributed by atoms with Gasteiger partial charge in [-0.15, -0.1) is 0 Å². The van der Waals surface area contributed by atoms with Gasteiger partial charge in [-0.2, -0.15) is 5.10 Å². The molecule has 0 aliphatic heterocycles. The lowest BCUT2D eigenvalue weighted by molar-refractivity contribution is -0.116. The molecule has 0 amide bonds. The van der Waals surface area contributed by atoms with Crippen LogP contribution >= 0.6 is 0 Å². The van der Waals surface area contributed by atoms with Crippen LogP contribution in [0.1, 0.15) is 18.9 Å². The van der Waals surface area contributed by atoms with E-state index < -0.39 is 6.10 Å². The molecular formula is C24H23FN4O4. The molecule has 0 saturated heterocycles. The van der Waals surface area contributed by atoms with E-state index in [-0.39, 0.29) is 35.7 Å². The Hall–Kier alpha value is -3.85. The summed E-state index contributed by atoms with van der Waals surface area (Å²) in [6.07, 6.45) is 2.98. The zero-order valence-electron chi connectivity index (χ0n) is 18.0. The number of halogens is 1. The van der Waals surface area contributed by atoms with Crippen molar-refractivity contribution in [2.45, 2.75) is 32.4 Å². The van der Waals surface area contributed by atoms with Gasteiger partial charge in [0.2, 0.25) is 0 Å². The van der Waals surface area contributed by atoms with Crippen molar-refractivity contribution >= 4 is 16.8 Å². The highest BCUT2D eigenvalue weighted by molar-refractivity contribution is 5.75. The number of ketones is 1. The minimum atomic E-state index is -0.938. The predicted octanol–water partition coefficient (Wildman–Crippen LogP) is 2.68. The van der Waals surface area contributed by atoms with Crippen LogP contribution in [0.15, 0.2) is 65.8 Å². The van der Waals surface area contributed by atoms with E-state index in [0.29, 0.717) is 29.9 Å². The fourth-order valence-electron chi connectivity index (χ4n) is 3.39. The number of rotatable bonds is 9. The third-order valence-corrected chi connectivity index (χ3v) is 5.16. The van der Waals surface area contributed by atoms with Crippen LogP contribution in [-0.2, 0) is 17.8 Å². The van der Waals surface area contributed by atoms with Crippen LogP contribution in [0, 0.1) is 5.82 Å². The van der Waals surface area contributed by atoms with Gasteiger partial charge >= 0.3 is 0 Å². The lowest BCUT2D eigenvalue weighted by Gasteiger charge is -2.14. The molecule has 2 heterocycles. The molecule has 1 N–H and O–H groups in total. The van der Waals surface area contributed by atoms with E-state index in [4.69, 9.17) is 4.74 Å². The second-order valence-corrected chi connectivity index (χ2v) is 7.78. The van der Waals surface area contributed by atoms with Crippen LogP contribution in [0.3, 0.4) is 0 Å². The molecule has 1 unspecified atom stereocenters. The van der Waals surface area contributed by atoms with Gasteiger partial charge in [0.25, 0.3) is 5.56 Å². The van der Waals surface area contributed by atoms with Gasteiger partial charge in [-0.3, -0.25) is 9.36 Å². The molecule has 170 valence electrons. The molecule has 2 aromatic heterocycles. The molecule has 9 heteroatoms. The smallest absolute Gasteiger partial charge is 0.264 e. The standard InChI is InChI=1S/C24H23FN4O4/c1-16(30)2-3-17-4-10-21(11-5-17)33-14-20(31)13-28-15-26-23-22(24(28)32)12-27-29(23)19-8-6-18(25)7-9-19/h4-12,15,20,31H,2-3,13-14H2,1H3. The molecule has 0 aliphatic rings. The van der Waals surface area contributed by atoms with Crippen LogP contribution in [0.5, 0.6) is 5.75 Å². The second-order valence-electron chi connectivity index (χ2n) is 7.78. The molecule has 4 rings (SSSR count). The summed E-state index contributed by atoms with van der Waals surface area (Å²) >= 11 is 0. The minimum Gasteiger partial charge on any atom is -0.491 e. The SMILES string of the molecule is CC(=O)CCc1ccc(OCC(O)Cn2cnc3c(cnn3-c3ccc(F)cc3)c2=O)cc1. The number of ether oxygens (including phenoxy) is 1. The highest BCUT2D eigenvalue weighted by atomic mass is 19.1. The molecule has 0 fully saturated rings. The molecule has 33 heavy (non-hydrogen) atoms. The summed E-state index contributed by atoms with van der Waals surface area (Å²) in [5.41, 5.74) is 1.61. The van der Waals surface area contributed by atoms with E-state index in [1.165, 1.54) is 33.9 Å². The Morgan fingerprint density at radius 1 is 1.15 bits per heavy atom. The van der Waals surface area contributed by atoms with E-state index in [1.807, 2.05) is 12.1 Å². The largest absolute Gasteiger partial charge is 0.491 e. The first-order valence-electron chi connectivity index (χ1n) is 10.5. The normalized spacial score (nSPS) is 12.1. The molecular weight excluding hydrogens is 427 g/mol. The number of carbonyl (C=O) groups excluding carboxylic acids is 1. The van der Waals surface area contributed by atoms with Gasteiger partial charge in [0.15, 0.2) is 5.65 Å². The highest BCUT2D eigenvalue weighted by Crippen LogP contribution is 2.15. The van der Waals surface area contributed by atoms with Crippen molar-refractivity contribution < 1.29 is 19.0 Å². The number of aliphatic hydroxyl groups is 1. The summed E-state index contributed by atoms with van der Waals surface area (Å²) in [7, 11) is 0. The lowest BCUT2D eigenvalue weighted by Crippen LogP contribution is -2.30. The molecule has 0 aliphatic carbocycles. The average molecular weight is 450 g/mol. The summed E-state index contributed by atoms with van der Waals surface area (Å²) in [4.78, 5) is 28.2. The zero-order chi connectivity index (χ0) is 23.4. The molecule has 1 atom stereocenters. The maximum absolute atomic E-state index is 13.2. The lowest BCUT2D eigenvalue weighted by atomic mass is 10.1. The summed E-state index contributed by atoms with van der Waals surface area (Å²) in [6, 6.07) is 13.0. The van der Waals surface area contributed by atoms with Crippen LogP contribution in [0.4, 0.5) is 4.39 Å². The molecule has 0 spiro atoms. The number of Topliss-reactive ketones (excluding diaryl/α,β-unsaturated/α-hetero) is 1. The Kier molecular flexibility index (Phi) is 6.60. The number of aryl methyl sites for hydroxylation is 1. The first-order valence-corrected chi connectivity index (χ1v) is 10.5. The number of aliphatic hydroxyl groups excluding tert-OH is 1. The van der Waals surface area contributed by atoms with Gasteiger partial charge in [-0.1, -0.05) is 12.1 Å². The molecule has 2 aromatic carbocycles. The third kappa shape index (κ3) is 5.32.